The van der Waals surface area contributed by atoms with Crippen LogP contribution in [0.3, 0.4) is 0 Å². The Morgan fingerprint density at radius 3 is 2.58 bits per heavy atom. The molecular weight excluding hydrogens is 486 g/mol. The maximum Gasteiger partial charge on any atom is 0.410 e. The summed E-state index contributed by atoms with van der Waals surface area (Å²) in [6.45, 7) is 9.44. The van der Waals surface area contributed by atoms with Crippen molar-refractivity contribution < 1.29 is 28.5 Å². The highest BCUT2D eigenvalue weighted by Crippen LogP contribution is 2.40. The Kier molecular flexibility index (Phi) is 8.99. The van der Waals surface area contributed by atoms with E-state index in [4.69, 9.17) is 18.9 Å². The molecule has 2 N–H and O–H groups in total. The van der Waals surface area contributed by atoms with Gasteiger partial charge in [-0.25, -0.2) is 4.79 Å². The Bertz CT molecular complexity index is 1140. The van der Waals surface area contributed by atoms with Crippen molar-refractivity contribution in [3.05, 3.63) is 41.5 Å². The predicted octanol–water partition coefficient (Wildman–Crippen LogP) is 4.37. The molecule has 0 spiro atoms. The lowest BCUT2D eigenvalue weighted by atomic mass is 9.98. The van der Waals surface area contributed by atoms with Crippen LogP contribution in [0, 0.1) is 0 Å². The van der Waals surface area contributed by atoms with Crippen molar-refractivity contribution in [1.82, 2.24) is 15.5 Å². The van der Waals surface area contributed by atoms with Gasteiger partial charge in [-0.1, -0.05) is 0 Å². The normalized spacial score (nSPS) is 17.1. The summed E-state index contributed by atoms with van der Waals surface area (Å²) in [6.07, 6.45) is 1.77. The summed E-state index contributed by atoms with van der Waals surface area (Å²) in [6, 6.07) is 9.43. The van der Waals surface area contributed by atoms with E-state index in [0.29, 0.717) is 68.6 Å². The number of rotatable bonds is 1. The number of hydrogen-bond acceptors (Lipinski definition) is 7. The summed E-state index contributed by atoms with van der Waals surface area (Å²) in [5, 5.41) is 6.38. The van der Waals surface area contributed by atoms with Crippen molar-refractivity contribution in [2.24, 2.45) is 0 Å². The van der Waals surface area contributed by atoms with Gasteiger partial charge in [-0.15, -0.1) is 0 Å². The quantitative estimate of drug-likeness (QED) is 0.570. The van der Waals surface area contributed by atoms with Crippen LogP contribution in [-0.2, 0) is 11.3 Å². The minimum Gasteiger partial charge on any atom is -0.496 e. The van der Waals surface area contributed by atoms with Crippen molar-refractivity contribution in [2.45, 2.75) is 52.2 Å². The highest BCUT2D eigenvalue weighted by atomic mass is 16.6. The Hall–Kier alpha value is -3.46. The molecule has 0 aliphatic carbocycles. The molecule has 2 aromatic carbocycles. The number of amides is 2. The van der Waals surface area contributed by atoms with Crippen LogP contribution in [0.2, 0.25) is 0 Å². The highest BCUT2D eigenvalue weighted by Gasteiger charge is 2.23. The van der Waals surface area contributed by atoms with E-state index in [2.05, 4.69) is 16.7 Å². The lowest BCUT2D eigenvalue weighted by Gasteiger charge is -2.27. The van der Waals surface area contributed by atoms with E-state index in [9.17, 15) is 9.59 Å². The van der Waals surface area contributed by atoms with Gasteiger partial charge in [0.2, 0.25) is 0 Å². The van der Waals surface area contributed by atoms with Gasteiger partial charge >= 0.3 is 6.09 Å². The van der Waals surface area contributed by atoms with Crippen LogP contribution in [0.1, 0.15) is 56.0 Å². The zero-order valence-corrected chi connectivity index (χ0v) is 22.9. The van der Waals surface area contributed by atoms with Crippen molar-refractivity contribution in [3.63, 3.8) is 0 Å². The van der Waals surface area contributed by atoms with Gasteiger partial charge in [-0.05, 0) is 75.9 Å². The van der Waals surface area contributed by atoms with E-state index in [-0.39, 0.29) is 12.0 Å². The van der Waals surface area contributed by atoms with E-state index >= 15 is 0 Å². The second kappa shape index (κ2) is 12.4. The summed E-state index contributed by atoms with van der Waals surface area (Å²) in [5.41, 5.74) is 2.62. The maximum atomic E-state index is 13.0. The van der Waals surface area contributed by atoms with Gasteiger partial charge in [0.05, 0.1) is 13.7 Å². The van der Waals surface area contributed by atoms with Crippen LogP contribution in [0.15, 0.2) is 30.3 Å². The zero-order chi connectivity index (χ0) is 27.1. The number of carbonyl (C=O) groups is 2. The first-order valence-corrected chi connectivity index (χ1v) is 13.3. The molecule has 206 valence electrons. The summed E-state index contributed by atoms with van der Waals surface area (Å²) < 4.78 is 23.6. The van der Waals surface area contributed by atoms with Gasteiger partial charge < -0.3 is 34.5 Å². The van der Waals surface area contributed by atoms with Crippen LogP contribution < -0.4 is 24.8 Å². The molecule has 2 heterocycles. The number of carbonyl (C=O) groups excluding carboxylic acids is 2. The van der Waals surface area contributed by atoms with Gasteiger partial charge in [0.25, 0.3) is 5.91 Å². The predicted molar refractivity (Wildman–Crippen MR) is 145 cm³/mol. The van der Waals surface area contributed by atoms with Gasteiger partial charge in [0.1, 0.15) is 18.0 Å². The molecule has 4 rings (SSSR count). The molecule has 4 bridgehead atoms. The highest BCUT2D eigenvalue weighted by molar-refractivity contribution is 5.96. The van der Waals surface area contributed by atoms with Gasteiger partial charge in [0, 0.05) is 49.4 Å². The smallest absolute Gasteiger partial charge is 0.410 e. The molecule has 9 nitrogen and oxygen atoms in total. The lowest BCUT2D eigenvalue weighted by Crippen LogP contribution is -2.38. The molecule has 0 fully saturated rings. The lowest BCUT2D eigenvalue weighted by molar-refractivity contribution is 0.0238. The van der Waals surface area contributed by atoms with E-state index in [1.165, 1.54) is 0 Å². The molecule has 2 aliphatic heterocycles. The van der Waals surface area contributed by atoms with E-state index in [1.807, 2.05) is 39.0 Å². The molecular formula is C29H39N3O6. The summed E-state index contributed by atoms with van der Waals surface area (Å²) in [5.74, 6) is 1.86. The van der Waals surface area contributed by atoms with Gasteiger partial charge in [-0.2, -0.15) is 0 Å². The third kappa shape index (κ3) is 7.10. The Labute approximate surface area is 224 Å². The zero-order valence-electron chi connectivity index (χ0n) is 22.9. The number of benzene rings is 2. The first-order chi connectivity index (χ1) is 18.2. The number of methoxy groups -OCH3 is 1. The van der Waals surface area contributed by atoms with Crippen molar-refractivity contribution >= 4 is 12.0 Å². The molecule has 0 aromatic heterocycles. The minimum absolute atomic E-state index is 0.154. The number of fused-ring (bicyclic) bond motifs is 7. The topological polar surface area (TPSA) is 98.4 Å². The van der Waals surface area contributed by atoms with Crippen LogP contribution >= 0.6 is 0 Å². The molecule has 2 aliphatic rings. The third-order valence-electron chi connectivity index (χ3n) is 6.37. The number of nitrogens with one attached hydrogen (secondary N) is 2. The van der Waals surface area contributed by atoms with Crippen molar-refractivity contribution in [2.75, 3.05) is 46.5 Å². The Morgan fingerprint density at radius 1 is 0.974 bits per heavy atom. The summed E-state index contributed by atoms with van der Waals surface area (Å²) in [7, 11) is 1.62. The molecule has 2 aromatic rings. The number of ether oxygens (including phenoxy) is 4. The molecule has 0 unspecified atom stereocenters. The summed E-state index contributed by atoms with van der Waals surface area (Å²) >= 11 is 0. The van der Waals surface area contributed by atoms with Crippen molar-refractivity contribution in [3.8, 4) is 28.4 Å². The van der Waals surface area contributed by atoms with Gasteiger partial charge in [-0.3, -0.25) is 4.79 Å². The number of hydrogen-bond donors (Lipinski definition) is 2. The third-order valence-corrected chi connectivity index (χ3v) is 6.37. The minimum atomic E-state index is -0.576. The second-order valence-corrected chi connectivity index (χ2v) is 10.5. The Balaban J connectivity index is 1.67. The van der Waals surface area contributed by atoms with Crippen LogP contribution in [0.4, 0.5) is 4.79 Å². The fourth-order valence-corrected chi connectivity index (χ4v) is 4.53. The SMILES string of the molecule is COc1ccc2cc1-c1cc3c(c(c1)OCCCN(C(=O)OC(C)(C)C)CCCCNC2=O)OCCNC3. The summed E-state index contributed by atoms with van der Waals surface area (Å²) in [4.78, 5) is 27.5. The van der Waals surface area contributed by atoms with E-state index < -0.39 is 5.60 Å². The first-order valence-electron chi connectivity index (χ1n) is 13.3. The maximum absolute atomic E-state index is 13.0. The van der Waals surface area contributed by atoms with Crippen LogP contribution in [0.5, 0.6) is 17.2 Å². The monoisotopic (exact) mass is 525 g/mol. The standard InChI is InChI=1S/C29H39N3O6/c1-29(2,3)38-28(34)32-12-6-5-10-31-27(33)20-8-9-24(35-4)23(17-20)21-16-22-19-30-11-15-37-26(22)25(18-21)36-14-7-13-32/h8-9,16-18,30H,5-7,10-15,19H2,1-4H3,(H,31,33). The molecule has 0 radical (unpaired) electrons. The Morgan fingerprint density at radius 2 is 1.79 bits per heavy atom. The van der Waals surface area contributed by atoms with Crippen LogP contribution in [-0.4, -0.2) is 69.0 Å². The molecule has 0 saturated carbocycles. The fourth-order valence-electron chi connectivity index (χ4n) is 4.53. The average molecular weight is 526 g/mol. The molecule has 38 heavy (non-hydrogen) atoms. The van der Waals surface area contributed by atoms with Crippen LogP contribution in [0.25, 0.3) is 11.1 Å². The van der Waals surface area contributed by atoms with E-state index in [0.717, 1.165) is 36.1 Å². The van der Waals surface area contributed by atoms with E-state index in [1.54, 1.807) is 18.1 Å². The fraction of sp³-hybridized carbons (Fsp3) is 0.517. The van der Waals surface area contributed by atoms with Crippen molar-refractivity contribution in [1.29, 1.82) is 0 Å². The molecule has 0 saturated heterocycles. The molecule has 2 amide bonds. The number of nitrogens with zero attached hydrogens (tertiary/aromatic N) is 1. The molecule has 0 atom stereocenters. The molecule has 9 heteroatoms. The largest absolute Gasteiger partial charge is 0.496 e. The van der Waals surface area contributed by atoms with Gasteiger partial charge in [0.15, 0.2) is 11.5 Å². The average Bonchev–Trinajstić information content (AvgIpc) is 3.13. The second-order valence-electron chi connectivity index (χ2n) is 10.5. The first kappa shape index (κ1) is 27.6.